The van der Waals surface area contributed by atoms with Crippen LogP contribution in [0, 0.1) is 6.92 Å². The van der Waals surface area contributed by atoms with E-state index in [4.69, 9.17) is 17.3 Å². The van der Waals surface area contributed by atoms with E-state index in [0.29, 0.717) is 0 Å². The van der Waals surface area contributed by atoms with Crippen LogP contribution in [-0.2, 0) is 6.42 Å². The van der Waals surface area contributed by atoms with Gasteiger partial charge in [-0.2, -0.15) is 0 Å². The van der Waals surface area contributed by atoms with E-state index >= 15 is 0 Å². The molecule has 1 unspecified atom stereocenters. The first-order valence-electron chi connectivity index (χ1n) is 7.37. The van der Waals surface area contributed by atoms with Crippen LogP contribution in [-0.4, -0.2) is 13.1 Å². The summed E-state index contributed by atoms with van der Waals surface area (Å²) in [4.78, 5) is 2.16. The second-order valence-electron chi connectivity index (χ2n) is 5.47. The Morgan fingerprint density at radius 3 is 2.52 bits per heavy atom. The van der Waals surface area contributed by atoms with Gasteiger partial charge in [-0.25, -0.2) is 0 Å². The molecular formula is C18H23ClN2. The van der Waals surface area contributed by atoms with Crippen molar-refractivity contribution in [3.63, 3.8) is 0 Å². The molecule has 0 spiro atoms. The minimum Gasteiger partial charge on any atom is -0.343 e. The van der Waals surface area contributed by atoms with Crippen molar-refractivity contribution in [2.75, 3.05) is 11.9 Å². The summed E-state index contributed by atoms with van der Waals surface area (Å²) in [6.07, 6.45) is 1.79. The molecule has 1 atom stereocenters. The van der Waals surface area contributed by atoms with Crippen molar-refractivity contribution in [1.29, 1.82) is 0 Å². The summed E-state index contributed by atoms with van der Waals surface area (Å²) in [7, 11) is 2.06. The third kappa shape index (κ3) is 3.58. The molecule has 3 heteroatoms. The summed E-state index contributed by atoms with van der Waals surface area (Å²) < 4.78 is 0. The Hall–Kier alpha value is -1.51. The maximum atomic E-state index is 6.47. The average molecular weight is 303 g/mol. The zero-order chi connectivity index (χ0) is 15.4. The lowest BCUT2D eigenvalue weighted by atomic mass is 10.0. The second-order valence-corrected chi connectivity index (χ2v) is 5.87. The lowest BCUT2D eigenvalue weighted by Crippen LogP contribution is -2.23. The summed E-state index contributed by atoms with van der Waals surface area (Å²) >= 11 is 6.47. The number of hydrogen-bond donors (Lipinski definition) is 1. The van der Waals surface area contributed by atoms with Crippen LogP contribution < -0.4 is 10.6 Å². The number of aryl methyl sites for hydroxylation is 1. The number of anilines is 2. The lowest BCUT2D eigenvalue weighted by molar-refractivity contribution is 0.646. The highest BCUT2D eigenvalue weighted by molar-refractivity contribution is 6.33. The zero-order valence-corrected chi connectivity index (χ0v) is 13.7. The third-order valence-electron chi connectivity index (χ3n) is 3.89. The molecule has 0 amide bonds. The minimum atomic E-state index is 0.160. The molecule has 2 rings (SSSR count). The van der Waals surface area contributed by atoms with Crippen LogP contribution in [0.3, 0.4) is 0 Å². The molecule has 2 nitrogen and oxygen atoms in total. The number of nitrogens with zero attached hydrogens (tertiary/aromatic N) is 1. The second kappa shape index (κ2) is 6.97. The Morgan fingerprint density at radius 1 is 1.14 bits per heavy atom. The van der Waals surface area contributed by atoms with Gasteiger partial charge in [0.25, 0.3) is 0 Å². The molecule has 0 radical (unpaired) electrons. The lowest BCUT2D eigenvalue weighted by Gasteiger charge is -2.26. The van der Waals surface area contributed by atoms with E-state index in [-0.39, 0.29) is 6.04 Å². The van der Waals surface area contributed by atoms with E-state index < -0.39 is 0 Å². The topological polar surface area (TPSA) is 29.3 Å². The van der Waals surface area contributed by atoms with Crippen LogP contribution in [0.5, 0.6) is 0 Å². The van der Waals surface area contributed by atoms with Crippen molar-refractivity contribution in [3.05, 3.63) is 58.6 Å². The van der Waals surface area contributed by atoms with Crippen LogP contribution in [0.1, 0.15) is 24.5 Å². The van der Waals surface area contributed by atoms with Gasteiger partial charge >= 0.3 is 0 Å². The van der Waals surface area contributed by atoms with Crippen LogP contribution >= 0.6 is 11.6 Å². The molecule has 0 aliphatic heterocycles. The van der Waals surface area contributed by atoms with Gasteiger partial charge in [-0.1, -0.05) is 48.9 Å². The van der Waals surface area contributed by atoms with Crippen LogP contribution in [0.2, 0.25) is 5.02 Å². The molecule has 0 fully saturated rings. The van der Waals surface area contributed by atoms with Gasteiger partial charge in [0, 0.05) is 18.8 Å². The van der Waals surface area contributed by atoms with Crippen molar-refractivity contribution >= 4 is 23.0 Å². The van der Waals surface area contributed by atoms with Crippen molar-refractivity contribution in [1.82, 2.24) is 0 Å². The van der Waals surface area contributed by atoms with Gasteiger partial charge < -0.3 is 10.6 Å². The molecule has 2 aromatic rings. The standard InChI is InChI=1S/C18H23ClN2/c1-4-15(20)12-14-9-7-10-16(19)18(14)21(3)17-11-6-5-8-13(17)2/h5-11,15H,4,12,20H2,1-3H3. The molecular weight excluding hydrogens is 280 g/mol. The van der Waals surface area contributed by atoms with Crippen molar-refractivity contribution < 1.29 is 0 Å². The van der Waals surface area contributed by atoms with Gasteiger partial charge in [0.2, 0.25) is 0 Å². The number of benzene rings is 2. The van der Waals surface area contributed by atoms with Gasteiger partial charge in [0.05, 0.1) is 10.7 Å². The minimum absolute atomic E-state index is 0.160. The Bertz CT molecular complexity index is 610. The largest absolute Gasteiger partial charge is 0.343 e. The third-order valence-corrected chi connectivity index (χ3v) is 4.19. The Balaban J connectivity index is 2.45. The first-order valence-corrected chi connectivity index (χ1v) is 7.74. The van der Waals surface area contributed by atoms with Gasteiger partial charge in [-0.15, -0.1) is 0 Å². The van der Waals surface area contributed by atoms with Crippen LogP contribution in [0.4, 0.5) is 11.4 Å². The summed E-state index contributed by atoms with van der Waals surface area (Å²) in [5.74, 6) is 0. The molecule has 2 N–H and O–H groups in total. The molecule has 0 aliphatic carbocycles. The zero-order valence-electron chi connectivity index (χ0n) is 12.9. The fourth-order valence-corrected chi connectivity index (χ4v) is 2.91. The van der Waals surface area contributed by atoms with E-state index in [1.54, 1.807) is 0 Å². The Kier molecular flexibility index (Phi) is 5.27. The molecule has 0 aliphatic rings. The van der Waals surface area contributed by atoms with Crippen molar-refractivity contribution in [3.8, 4) is 0 Å². The molecule has 0 saturated heterocycles. The Labute approximate surface area is 132 Å². The SMILES string of the molecule is CCC(N)Cc1cccc(Cl)c1N(C)c1ccccc1C. The number of hydrogen-bond acceptors (Lipinski definition) is 2. The summed E-state index contributed by atoms with van der Waals surface area (Å²) in [6, 6.07) is 14.5. The number of rotatable bonds is 5. The Morgan fingerprint density at radius 2 is 1.86 bits per heavy atom. The van der Waals surface area contributed by atoms with Gasteiger partial charge in [0.15, 0.2) is 0 Å². The summed E-state index contributed by atoms with van der Waals surface area (Å²) in [6.45, 7) is 4.22. The summed E-state index contributed by atoms with van der Waals surface area (Å²) in [5, 5.41) is 0.765. The van der Waals surface area contributed by atoms with Crippen LogP contribution in [0.15, 0.2) is 42.5 Å². The predicted molar refractivity (Wildman–Crippen MR) is 92.7 cm³/mol. The number of nitrogens with two attached hydrogens (primary N) is 1. The van der Waals surface area contributed by atoms with E-state index in [2.05, 4.69) is 44.0 Å². The summed E-state index contributed by atoms with van der Waals surface area (Å²) in [5.41, 5.74) is 10.8. The highest BCUT2D eigenvalue weighted by Crippen LogP contribution is 2.35. The first-order chi connectivity index (χ1) is 10.0. The molecule has 0 bridgehead atoms. The number of para-hydroxylation sites is 2. The molecule has 0 saturated carbocycles. The fraction of sp³-hybridized carbons (Fsp3) is 0.333. The van der Waals surface area contributed by atoms with Crippen LogP contribution in [0.25, 0.3) is 0 Å². The predicted octanol–water partition coefficient (Wildman–Crippen LogP) is 4.70. The molecule has 2 aromatic carbocycles. The highest BCUT2D eigenvalue weighted by Gasteiger charge is 2.16. The van der Waals surface area contributed by atoms with E-state index in [0.717, 1.165) is 29.2 Å². The first kappa shape index (κ1) is 15.9. The molecule has 0 aromatic heterocycles. The van der Waals surface area contributed by atoms with Crippen molar-refractivity contribution in [2.45, 2.75) is 32.7 Å². The van der Waals surface area contributed by atoms with Gasteiger partial charge in [-0.3, -0.25) is 0 Å². The molecule has 112 valence electrons. The van der Waals surface area contributed by atoms with Gasteiger partial charge in [-0.05, 0) is 43.0 Å². The highest BCUT2D eigenvalue weighted by atomic mass is 35.5. The fourth-order valence-electron chi connectivity index (χ4n) is 2.59. The van der Waals surface area contributed by atoms with Gasteiger partial charge in [0.1, 0.15) is 0 Å². The monoisotopic (exact) mass is 302 g/mol. The maximum Gasteiger partial charge on any atom is 0.0645 e. The van der Waals surface area contributed by atoms with Crippen molar-refractivity contribution in [2.24, 2.45) is 5.73 Å². The number of halogens is 1. The van der Waals surface area contributed by atoms with E-state index in [9.17, 15) is 0 Å². The van der Waals surface area contributed by atoms with E-state index in [1.807, 2.05) is 24.3 Å². The maximum absolute atomic E-state index is 6.47. The smallest absolute Gasteiger partial charge is 0.0645 e. The molecule has 21 heavy (non-hydrogen) atoms. The quantitative estimate of drug-likeness (QED) is 0.867. The normalized spacial score (nSPS) is 12.2. The molecule has 0 heterocycles. The van der Waals surface area contributed by atoms with E-state index in [1.165, 1.54) is 11.1 Å². The average Bonchev–Trinajstić information content (AvgIpc) is 2.47.